The Labute approximate surface area is 141 Å². The van der Waals surface area contributed by atoms with Crippen LogP contribution in [0, 0.1) is 0 Å². The lowest BCUT2D eigenvalue weighted by Crippen LogP contribution is -2.42. The monoisotopic (exact) mass is 334 g/mol. The van der Waals surface area contributed by atoms with Crippen molar-refractivity contribution in [1.29, 1.82) is 0 Å². The Morgan fingerprint density at radius 3 is 2.27 bits per heavy atom. The lowest BCUT2D eigenvalue weighted by molar-refractivity contribution is 0.483. The van der Waals surface area contributed by atoms with E-state index in [0.29, 0.717) is 21.6 Å². The van der Waals surface area contributed by atoms with E-state index in [0.717, 1.165) is 5.69 Å². The average Bonchev–Trinajstić information content (AvgIpc) is 2.41. The summed E-state index contributed by atoms with van der Waals surface area (Å²) in [5, 5.41) is 7.51. The van der Waals surface area contributed by atoms with Gasteiger partial charge in [-0.15, -0.1) is 0 Å². The molecule has 0 saturated heterocycles. The first kappa shape index (κ1) is 16.6. The third kappa shape index (κ3) is 5.20. The Kier molecular flexibility index (Phi) is 5.27. The van der Waals surface area contributed by atoms with Crippen molar-refractivity contribution in [3.63, 3.8) is 0 Å². The van der Waals surface area contributed by atoms with E-state index in [2.05, 4.69) is 31.4 Å². The van der Waals surface area contributed by atoms with Crippen LogP contribution in [0.2, 0.25) is 5.02 Å². The minimum atomic E-state index is -0.0722. The van der Waals surface area contributed by atoms with E-state index < -0.39 is 0 Å². The van der Waals surface area contributed by atoms with Crippen LogP contribution in [0.15, 0.2) is 48.5 Å². The maximum atomic E-state index is 6.07. The van der Waals surface area contributed by atoms with Gasteiger partial charge in [-0.3, -0.25) is 0 Å². The Balaban J connectivity index is 1.99. The molecule has 0 fully saturated rings. The van der Waals surface area contributed by atoms with E-state index in [1.807, 2.05) is 42.5 Å². The molecule has 0 spiro atoms. The lowest BCUT2D eigenvalue weighted by atomic mass is 10.1. The summed E-state index contributed by atoms with van der Waals surface area (Å²) in [6.07, 6.45) is 0. The number of hydrogen-bond acceptors (Lipinski definition) is 2. The molecule has 0 saturated carbocycles. The normalized spacial score (nSPS) is 10.9. The minimum absolute atomic E-state index is 0.0722. The van der Waals surface area contributed by atoms with E-state index in [-0.39, 0.29) is 5.54 Å². The number of halogens is 1. The van der Waals surface area contributed by atoms with E-state index in [9.17, 15) is 0 Å². The van der Waals surface area contributed by atoms with Gasteiger partial charge in [0.2, 0.25) is 0 Å². The fraction of sp³-hybridized carbons (Fsp3) is 0.235. The highest BCUT2D eigenvalue weighted by molar-refractivity contribution is 7.80. The zero-order valence-electron chi connectivity index (χ0n) is 12.8. The van der Waals surface area contributed by atoms with Crippen molar-refractivity contribution in [3.05, 3.63) is 53.6 Å². The highest BCUT2D eigenvalue weighted by Gasteiger charge is 2.11. The van der Waals surface area contributed by atoms with Crippen LogP contribution in [0.4, 0.5) is 5.69 Å². The van der Waals surface area contributed by atoms with Gasteiger partial charge < -0.3 is 15.4 Å². The van der Waals surface area contributed by atoms with Crippen LogP contribution < -0.4 is 15.4 Å². The van der Waals surface area contributed by atoms with Crippen LogP contribution in [0.1, 0.15) is 20.8 Å². The van der Waals surface area contributed by atoms with Gasteiger partial charge in [-0.05, 0) is 69.4 Å². The molecule has 5 heteroatoms. The van der Waals surface area contributed by atoms with E-state index in [1.54, 1.807) is 6.07 Å². The van der Waals surface area contributed by atoms with Gasteiger partial charge in [-0.1, -0.05) is 23.7 Å². The number of para-hydroxylation sites is 1. The van der Waals surface area contributed by atoms with Gasteiger partial charge in [-0.25, -0.2) is 0 Å². The van der Waals surface area contributed by atoms with Gasteiger partial charge >= 0.3 is 0 Å². The summed E-state index contributed by atoms with van der Waals surface area (Å²) < 4.78 is 5.74. The smallest absolute Gasteiger partial charge is 0.171 e. The van der Waals surface area contributed by atoms with Crippen molar-refractivity contribution in [1.82, 2.24) is 5.32 Å². The standard InChI is InChI=1S/C17H19ClN2OS/c1-17(2,3)20-16(22)19-12-8-10-13(11-9-12)21-15-7-5-4-6-14(15)18/h4-11H,1-3H3,(H2,19,20,22). The van der Waals surface area contributed by atoms with E-state index >= 15 is 0 Å². The van der Waals surface area contributed by atoms with Crippen LogP contribution >= 0.6 is 23.8 Å². The molecule has 2 rings (SSSR count). The molecule has 0 aromatic heterocycles. The van der Waals surface area contributed by atoms with Crippen molar-refractivity contribution in [3.8, 4) is 11.5 Å². The van der Waals surface area contributed by atoms with E-state index in [4.69, 9.17) is 28.6 Å². The summed E-state index contributed by atoms with van der Waals surface area (Å²) >= 11 is 11.3. The summed E-state index contributed by atoms with van der Waals surface area (Å²) in [6, 6.07) is 14.9. The molecule has 0 unspecified atom stereocenters. The minimum Gasteiger partial charge on any atom is -0.456 e. The van der Waals surface area contributed by atoms with Gasteiger partial charge in [0.25, 0.3) is 0 Å². The molecule has 0 aliphatic heterocycles. The van der Waals surface area contributed by atoms with Crippen LogP contribution in [0.3, 0.4) is 0 Å². The number of hydrogen-bond donors (Lipinski definition) is 2. The second-order valence-electron chi connectivity index (χ2n) is 5.89. The molecule has 0 bridgehead atoms. The second kappa shape index (κ2) is 6.99. The SMILES string of the molecule is CC(C)(C)NC(=S)Nc1ccc(Oc2ccccc2Cl)cc1. The molecule has 3 nitrogen and oxygen atoms in total. The molecule has 0 aliphatic carbocycles. The van der Waals surface area contributed by atoms with Crippen molar-refractivity contribution in [2.45, 2.75) is 26.3 Å². The molecule has 0 amide bonds. The first-order valence-electron chi connectivity index (χ1n) is 6.95. The Morgan fingerprint density at radius 1 is 1.05 bits per heavy atom. The van der Waals surface area contributed by atoms with Crippen LogP contribution in [0.25, 0.3) is 0 Å². The number of benzene rings is 2. The van der Waals surface area contributed by atoms with Gasteiger partial charge in [0.15, 0.2) is 5.11 Å². The average molecular weight is 335 g/mol. The summed E-state index contributed by atoms with van der Waals surface area (Å²) in [4.78, 5) is 0. The van der Waals surface area contributed by atoms with Gasteiger partial charge in [-0.2, -0.15) is 0 Å². The first-order valence-corrected chi connectivity index (χ1v) is 7.74. The zero-order valence-corrected chi connectivity index (χ0v) is 14.4. The molecular weight excluding hydrogens is 316 g/mol. The predicted molar refractivity (Wildman–Crippen MR) is 97.1 cm³/mol. The van der Waals surface area contributed by atoms with Crippen LogP contribution in [0.5, 0.6) is 11.5 Å². The summed E-state index contributed by atoms with van der Waals surface area (Å²) in [5.41, 5.74) is 0.824. The zero-order chi connectivity index (χ0) is 16.2. The molecule has 22 heavy (non-hydrogen) atoms. The largest absolute Gasteiger partial charge is 0.456 e. The third-order valence-corrected chi connectivity index (χ3v) is 3.18. The number of nitrogens with one attached hydrogen (secondary N) is 2. The molecule has 2 aromatic carbocycles. The Morgan fingerprint density at radius 2 is 1.68 bits per heavy atom. The molecule has 116 valence electrons. The highest BCUT2D eigenvalue weighted by Crippen LogP contribution is 2.29. The molecule has 0 aliphatic rings. The fourth-order valence-electron chi connectivity index (χ4n) is 1.76. The highest BCUT2D eigenvalue weighted by atomic mass is 35.5. The molecule has 0 atom stereocenters. The summed E-state index contributed by atoms with van der Waals surface area (Å²) in [7, 11) is 0. The molecule has 0 heterocycles. The maximum Gasteiger partial charge on any atom is 0.171 e. The Bertz CT molecular complexity index is 650. The van der Waals surface area contributed by atoms with Crippen molar-refractivity contribution in [2.24, 2.45) is 0 Å². The molecule has 0 radical (unpaired) electrons. The van der Waals surface area contributed by atoms with E-state index in [1.165, 1.54) is 0 Å². The molecule has 2 aromatic rings. The number of ether oxygens (including phenoxy) is 1. The molecular formula is C17H19ClN2OS. The fourth-order valence-corrected chi connectivity index (χ4v) is 2.36. The van der Waals surface area contributed by atoms with Crippen molar-refractivity contribution in [2.75, 3.05) is 5.32 Å². The number of thiocarbonyl (C=S) groups is 1. The molecule has 2 N–H and O–H groups in total. The van der Waals surface area contributed by atoms with Crippen molar-refractivity contribution < 1.29 is 4.74 Å². The predicted octanol–water partition coefficient (Wildman–Crippen LogP) is 5.22. The third-order valence-electron chi connectivity index (χ3n) is 2.67. The topological polar surface area (TPSA) is 33.3 Å². The first-order chi connectivity index (χ1) is 10.3. The second-order valence-corrected chi connectivity index (χ2v) is 6.70. The van der Waals surface area contributed by atoms with Gasteiger partial charge in [0, 0.05) is 11.2 Å². The maximum absolute atomic E-state index is 6.07. The lowest BCUT2D eigenvalue weighted by Gasteiger charge is -2.23. The van der Waals surface area contributed by atoms with Crippen LogP contribution in [-0.4, -0.2) is 10.7 Å². The van der Waals surface area contributed by atoms with Gasteiger partial charge in [0.05, 0.1) is 5.02 Å². The van der Waals surface area contributed by atoms with Crippen LogP contribution in [-0.2, 0) is 0 Å². The van der Waals surface area contributed by atoms with Crippen molar-refractivity contribution >= 4 is 34.6 Å². The summed E-state index contributed by atoms with van der Waals surface area (Å²) in [5.74, 6) is 1.35. The quantitative estimate of drug-likeness (QED) is 0.754. The number of anilines is 1. The Hall–Kier alpha value is -1.78. The number of rotatable bonds is 3. The summed E-state index contributed by atoms with van der Waals surface area (Å²) in [6.45, 7) is 6.17. The van der Waals surface area contributed by atoms with Gasteiger partial charge in [0.1, 0.15) is 11.5 Å².